The molecule has 1 N–H and O–H groups in total. The number of hydrogen-bond donors (Lipinski definition) is 1. The minimum Gasteiger partial charge on any atom is -0.354 e. The van der Waals surface area contributed by atoms with Gasteiger partial charge >= 0.3 is 0 Å². The van der Waals surface area contributed by atoms with Crippen LogP contribution in [0.2, 0.25) is 0 Å². The van der Waals surface area contributed by atoms with E-state index in [-0.39, 0.29) is 17.5 Å². The van der Waals surface area contributed by atoms with Crippen molar-refractivity contribution in [3.63, 3.8) is 0 Å². The lowest BCUT2D eigenvalue weighted by Gasteiger charge is -2.23. The number of thioether (sulfide) groups is 1. The lowest BCUT2D eigenvalue weighted by molar-refractivity contribution is -0.124. The van der Waals surface area contributed by atoms with Crippen LogP contribution in [0.5, 0.6) is 0 Å². The summed E-state index contributed by atoms with van der Waals surface area (Å²) < 4.78 is 0. The van der Waals surface area contributed by atoms with Crippen molar-refractivity contribution in [3.05, 3.63) is 29.1 Å². The van der Waals surface area contributed by atoms with E-state index in [1.165, 1.54) is 0 Å². The largest absolute Gasteiger partial charge is 0.354 e. The lowest BCUT2D eigenvalue weighted by Crippen LogP contribution is -2.47. The molecule has 1 saturated heterocycles. The van der Waals surface area contributed by atoms with Crippen LogP contribution in [0.1, 0.15) is 42.0 Å². The number of carbonyl (C=O) groups is 2. The first-order chi connectivity index (χ1) is 11.4. The number of aryl methyl sites for hydroxylation is 1. The molecule has 0 aliphatic carbocycles. The second-order valence-electron chi connectivity index (χ2n) is 6.21. The van der Waals surface area contributed by atoms with Gasteiger partial charge in [-0.1, -0.05) is 13.8 Å². The fourth-order valence-corrected chi connectivity index (χ4v) is 3.56. The number of nitriles is 1. The van der Waals surface area contributed by atoms with E-state index in [1.807, 2.05) is 6.07 Å². The molecule has 1 aromatic rings. The van der Waals surface area contributed by atoms with Gasteiger partial charge in [0, 0.05) is 12.3 Å². The number of carbonyl (C=O) groups excluding carboxylic acids is 2. The van der Waals surface area contributed by atoms with Crippen LogP contribution in [0.3, 0.4) is 0 Å². The average Bonchev–Trinajstić information content (AvgIpc) is 3.03. The van der Waals surface area contributed by atoms with E-state index < -0.39 is 6.04 Å². The summed E-state index contributed by atoms with van der Waals surface area (Å²) in [6.07, 6.45) is 0.913. The summed E-state index contributed by atoms with van der Waals surface area (Å²) in [7, 11) is 0. The van der Waals surface area contributed by atoms with Gasteiger partial charge in [-0.05, 0) is 31.4 Å². The van der Waals surface area contributed by atoms with Crippen LogP contribution in [0, 0.1) is 24.2 Å². The summed E-state index contributed by atoms with van der Waals surface area (Å²) in [5.74, 6) is 1.21. The van der Waals surface area contributed by atoms with Crippen molar-refractivity contribution >= 4 is 23.6 Å². The molecule has 1 fully saturated rings. The first-order valence-electron chi connectivity index (χ1n) is 7.98. The van der Waals surface area contributed by atoms with Crippen LogP contribution in [-0.2, 0) is 4.79 Å². The number of amides is 2. The van der Waals surface area contributed by atoms with E-state index in [9.17, 15) is 9.59 Å². The Morgan fingerprint density at radius 2 is 2.25 bits per heavy atom. The third-order valence-electron chi connectivity index (χ3n) is 3.89. The molecule has 1 unspecified atom stereocenters. The van der Waals surface area contributed by atoms with E-state index in [4.69, 9.17) is 5.26 Å². The SMILES string of the molecule is Cc1nc(C(=O)N2CSCC2C(=O)NCCC(C)C)ccc1C#N. The highest BCUT2D eigenvalue weighted by Gasteiger charge is 2.35. The number of pyridine rings is 1. The Bertz CT molecular complexity index is 669. The molecule has 1 atom stereocenters. The molecule has 0 aromatic carbocycles. The molecular weight excluding hydrogens is 324 g/mol. The molecule has 2 amide bonds. The van der Waals surface area contributed by atoms with Crippen LogP contribution >= 0.6 is 11.8 Å². The van der Waals surface area contributed by atoms with Gasteiger partial charge in [-0.3, -0.25) is 9.59 Å². The minimum absolute atomic E-state index is 0.112. The molecule has 1 aliphatic rings. The van der Waals surface area contributed by atoms with Crippen LogP contribution < -0.4 is 5.32 Å². The second kappa shape index (κ2) is 8.15. The normalized spacial score (nSPS) is 17.0. The summed E-state index contributed by atoms with van der Waals surface area (Å²) in [6, 6.07) is 4.71. The number of rotatable bonds is 5. The fourth-order valence-electron chi connectivity index (χ4n) is 2.41. The summed E-state index contributed by atoms with van der Waals surface area (Å²) in [4.78, 5) is 30.8. The lowest BCUT2D eigenvalue weighted by atomic mass is 10.1. The topological polar surface area (TPSA) is 86.1 Å². The Morgan fingerprint density at radius 1 is 1.50 bits per heavy atom. The number of hydrogen-bond acceptors (Lipinski definition) is 5. The zero-order valence-corrected chi connectivity index (χ0v) is 15.0. The van der Waals surface area contributed by atoms with Gasteiger partial charge in [0.1, 0.15) is 17.8 Å². The maximum Gasteiger partial charge on any atom is 0.273 e. The molecule has 0 spiro atoms. The van der Waals surface area contributed by atoms with Crippen LogP contribution in [0.25, 0.3) is 0 Å². The van der Waals surface area contributed by atoms with E-state index in [0.717, 1.165) is 6.42 Å². The maximum absolute atomic E-state index is 12.7. The van der Waals surface area contributed by atoms with E-state index in [0.29, 0.717) is 35.3 Å². The Hall–Kier alpha value is -2.07. The van der Waals surface area contributed by atoms with Gasteiger partial charge in [-0.15, -0.1) is 11.8 Å². The number of nitrogens with zero attached hydrogens (tertiary/aromatic N) is 3. The van der Waals surface area contributed by atoms with Crippen LogP contribution in [-0.4, -0.2) is 45.9 Å². The molecule has 2 heterocycles. The van der Waals surface area contributed by atoms with E-state index >= 15 is 0 Å². The summed E-state index contributed by atoms with van der Waals surface area (Å²) in [6.45, 7) is 6.52. The Labute approximate surface area is 146 Å². The molecule has 1 aliphatic heterocycles. The molecular formula is C17H22N4O2S. The molecule has 0 saturated carbocycles. The molecule has 0 bridgehead atoms. The van der Waals surface area contributed by atoms with Gasteiger partial charge in [0.05, 0.1) is 17.1 Å². The average molecular weight is 346 g/mol. The number of aromatic nitrogens is 1. The third-order valence-corrected chi connectivity index (χ3v) is 4.90. The molecule has 24 heavy (non-hydrogen) atoms. The summed E-state index contributed by atoms with van der Waals surface area (Å²) >= 11 is 1.56. The summed E-state index contributed by atoms with van der Waals surface area (Å²) in [5.41, 5.74) is 1.24. The van der Waals surface area contributed by atoms with E-state index in [2.05, 4.69) is 24.1 Å². The van der Waals surface area contributed by atoms with Gasteiger partial charge < -0.3 is 10.2 Å². The third kappa shape index (κ3) is 4.26. The van der Waals surface area contributed by atoms with Crippen molar-refractivity contribution in [2.75, 3.05) is 18.2 Å². The second-order valence-corrected chi connectivity index (χ2v) is 7.21. The van der Waals surface area contributed by atoms with Gasteiger partial charge in [0.2, 0.25) is 5.91 Å². The predicted molar refractivity (Wildman–Crippen MR) is 93.4 cm³/mol. The minimum atomic E-state index is -0.465. The molecule has 6 nitrogen and oxygen atoms in total. The van der Waals surface area contributed by atoms with Gasteiger partial charge in [0.15, 0.2) is 0 Å². The Balaban J connectivity index is 2.06. The van der Waals surface area contributed by atoms with Crippen molar-refractivity contribution in [2.24, 2.45) is 5.92 Å². The van der Waals surface area contributed by atoms with Gasteiger partial charge in [0.25, 0.3) is 5.91 Å². The quantitative estimate of drug-likeness (QED) is 0.880. The smallest absolute Gasteiger partial charge is 0.273 e. The molecule has 1 aromatic heterocycles. The number of nitrogens with one attached hydrogen (secondary N) is 1. The van der Waals surface area contributed by atoms with Crippen molar-refractivity contribution in [1.82, 2.24) is 15.2 Å². The maximum atomic E-state index is 12.7. The predicted octanol–water partition coefficient (Wildman–Crippen LogP) is 1.94. The van der Waals surface area contributed by atoms with Gasteiger partial charge in [-0.2, -0.15) is 5.26 Å². The summed E-state index contributed by atoms with van der Waals surface area (Å²) in [5, 5.41) is 11.9. The van der Waals surface area contributed by atoms with Gasteiger partial charge in [-0.25, -0.2) is 4.98 Å². The highest BCUT2D eigenvalue weighted by Crippen LogP contribution is 2.23. The highest BCUT2D eigenvalue weighted by molar-refractivity contribution is 7.99. The first kappa shape index (κ1) is 18.3. The monoisotopic (exact) mass is 346 g/mol. The zero-order valence-electron chi connectivity index (χ0n) is 14.2. The Morgan fingerprint density at radius 3 is 2.88 bits per heavy atom. The highest BCUT2D eigenvalue weighted by atomic mass is 32.2. The molecule has 2 rings (SSSR count). The molecule has 128 valence electrons. The standard InChI is InChI=1S/C17H22N4O2S/c1-11(2)6-7-19-16(22)15-9-24-10-21(15)17(23)14-5-4-13(8-18)12(3)20-14/h4-5,11,15H,6-7,9-10H2,1-3H3,(H,19,22). The first-order valence-corrected chi connectivity index (χ1v) is 9.13. The van der Waals surface area contributed by atoms with Crippen molar-refractivity contribution in [2.45, 2.75) is 33.2 Å². The van der Waals surface area contributed by atoms with E-state index in [1.54, 1.807) is 35.7 Å². The van der Waals surface area contributed by atoms with Crippen LogP contribution in [0.4, 0.5) is 0 Å². The molecule has 7 heteroatoms. The van der Waals surface area contributed by atoms with Crippen molar-refractivity contribution < 1.29 is 9.59 Å². The van der Waals surface area contributed by atoms with Crippen LogP contribution in [0.15, 0.2) is 12.1 Å². The fraction of sp³-hybridized carbons (Fsp3) is 0.529. The van der Waals surface area contributed by atoms with Crippen molar-refractivity contribution in [1.29, 1.82) is 5.26 Å². The Kier molecular flexibility index (Phi) is 6.21. The van der Waals surface area contributed by atoms with Crippen molar-refractivity contribution in [3.8, 4) is 6.07 Å². The zero-order chi connectivity index (χ0) is 17.7. The molecule has 0 radical (unpaired) electrons.